The summed E-state index contributed by atoms with van der Waals surface area (Å²) < 4.78 is 30.1. The largest absolute Gasteiger partial charge is 0.309 e. The lowest BCUT2D eigenvalue weighted by Crippen LogP contribution is -2.36. The number of allylic oxidation sites excluding steroid dienone is 3. The fourth-order valence-electron chi connectivity index (χ4n) is 5.87. The maximum absolute atomic E-state index is 15.3. The van der Waals surface area contributed by atoms with Crippen LogP contribution in [0.15, 0.2) is 58.9 Å². The Morgan fingerprint density at radius 2 is 1.98 bits per heavy atom. The van der Waals surface area contributed by atoms with Gasteiger partial charge in [0.25, 0.3) is 0 Å². The Kier molecular flexibility index (Phi) is 7.25. The van der Waals surface area contributed by atoms with Gasteiger partial charge in [0.2, 0.25) is 5.95 Å². The molecule has 6 rings (SSSR count). The van der Waals surface area contributed by atoms with Crippen LogP contribution in [0, 0.1) is 23.5 Å². The molecule has 0 radical (unpaired) electrons. The van der Waals surface area contributed by atoms with Crippen LogP contribution in [0.25, 0.3) is 16.8 Å². The van der Waals surface area contributed by atoms with E-state index >= 15 is 4.39 Å². The number of halogens is 2. The van der Waals surface area contributed by atoms with E-state index in [1.165, 1.54) is 23.3 Å². The number of nitrogens with one attached hydrogen (secondary N) is 1. The van der Waals surface area contributed by atoms with Crippen molar-refractivity contribution in [3.63, 3.8) is 0 Å². The molecule has 1 aliphatic carbocycles. The van der Waals surface area contributed by atoms with E-state index in [1.807, 2.05) is 6.07 Å². The van der Waals surface area contributed by atoms with Crippen molar-refractivity contribution < 1.29 is 8.78 Å². The summed E-state index contributed by atoms with van der Waals surface area (Å²) >= 11 is 0. The van der Waals surface area contributed by atoms with Gasteiger partial charge >= 0.3 is 0 Å². The lowest BCUT2D eigenvalue weighted by atomic mass is 9.84. The molecule has 0 bridgehead atoms. The maximum atomic E-state index is 15.3. The van der Waals surface area contributed by atoms with Crippen LogP contribution in [0.3, 0.4) is 0 Å². The number of anilines is 2. The van der Waals surface area contributed by atoms with Gasteiger partial charge in [-0.05, 0) is 43.6 Å². The van der Waals surface area contributed by atoms with Gasteiger partial charge in [-0.3, -0.25) is 4.90 Å². The molecule has 2 aromatic heterocycles. The number of rotatable bonds is 7. The Bertz CT molecular complexity index is 1710. The third-order valence-electron chi connectivity index (χ3n) is 8.01. The second-order valence-corrected chi connectivity index (χ2v) is 11.7. The van der Waals surface area contributed by atoms with E-state index in [0.717, 1.165) is 55.8 Å². The Morgan fingerprint density at radius 1 is 1.15 bits per heavy atom. The molecule has 9 heteroatoms. The zero-order valence-electron chi connectivity index (χ0n) is 24.2. The standard InChI is InChI=1S/C32H35F2N7/c1-18(2)22-15-23-27(12-19(22)3)36-28-14-21(33)13-24(30(23)28)31-25(34)16-35-32(39-31)38-29-7-6-20-17-41(11-10-40(4)5)9-8-26(20)37-29/h6-7,12-16,18-19H,8-11,17H2,1-5H3,(H,35,37,38,39). The molecule has 3 aromatic rings. The molecular formula is C32H35F2N7. The Balaban J connectivity index is 1.34. The zero-order valence-corrected chi connectivity index (χ0v) is 24.2. The fourth-order valence-corrected chi connectivity index (χ4v) is 5.87. The first kappa shape index (κ1) is 27.4. The highest BCUT2D eigenvalue weighted by molar-refractivity contribution is 5.81. The van der Waals surface area contributed by atoms with Gasteiger partial charge in [-0.1, -0.05) is 44.6 Å². The van der Waals surface area contributed by atoms with E-state index in [2.05, 4.69) is 78.2 Å². The first-order valence-corrected chi connectivity index (χ1v) is 14.2. The minimum absolute atomic E-state index is 0.0230. The lowest BCUT2D eigenvalue weighted by molar-refractivity contribution is 0.224. The van der Waals surface area contributed by atoms with Crippen molar-refractivity contribution in [2.24, 2.45) is 16.8 Å². The number of benzene rings is 1. The van der Waals surface area contributed by atoms with Crippen LogP contribution in [0.1, 0.15) is 32.0 Å². The number of aromatic nitrogens is 3. The Hall–Kier alpha value is -3.82. The van der Waals surface area contributed by atoms with Crippen LogP contribution < -0.4 is 15.9 Å². The molecule has 0 saturated carbocycles. The van der Waals surface area contributed by atoms with Crippen LogP contribution in [-0.4, -0.2) is 58.5 Å². The first-order chi connectivity index (χ1) is 19.7. The number of hydrogen-bond acceptors (Lipinski definition) is 7. The van der Waals surface area contributed by atoms with E-state index < -0.39 is 11.6 Å². The molecule has 212 valence electrons. The van der Waals surface area contributed by atoms with Crippen molar-refractivity contribution >= 4 is 17.3 Å². The quantitative estimate of drug-likeness (QED) is 0.467. The molecule has 1 unspecified atom stereocenters. The van der Waals surface area contributed by atoms with Crippen LogP contribution in [0.2, 0.25) is 0 Å². The van der Waals surface area contributed by atoms with Crippen molar-refractivity contribution in [3.05, 3.63) is 87.4 Å². The normalized spacial score (nSPS) is 18.1. The predicted octanol–water partition coefficient (Wildman–Crippen LogP) is 4.38. The average Bonchev–Trinajstić information content (AvgIpc) is 3.28. The molecule has 2 aliphatic heterocycles. The van der Waals surface area contributed by atoms with Crippen molar-refractivity contribution in [2.45, 2.75) is 33.7 Å². The smallest absolute Gasteiger partial charge is 0.229 e. The summed E-state index contributed by atoms with van der Waals surface area (Å²) in [4.78, 5) is 22.8. The molecule has 4 heterocycles. The van der Waals surface area contributed by atoms with Crippen LogP contribution in [0.4, 0.5) is 20.5 Å². The van der Waals surface area contributed by atoms with Gasteiger partial charge in [-0.2, -0.15) is 0 Å². The van der Waals surface area contributed by atoms with E-state index in [-0.39, 0.29) is 17.6 Å². The molecular weight excluding hydrogens is 520 g/mol. The fraction of sp³-hybridized carbons (Fsp3) is 0.375. The number of nitrogens with zero attached hydrogens (tertiary/aromatic N) is 6. The van der Waals surface area contributed by atoms with Crippen LogP contribution >= 0.6 is 0 Å². The predicted molar refractivity (Wildman–Crippen MR) is 157 cm³/mol. The summed E-state index contributed by atoms with van der Waals surface area (Å²) in [5.74, 6) is 0.216. The highest BCUT2D eigenvalue weighted by Gasteiger charge is 2.25. The van der Waals surface area contributed by atoms with Gasteiger partial charge in [0, 0.05) is 60.7 Å². The molecule has 41 heavy (non-hydrogen) atoms. The number of pyridine rings is 1. The average molecular weight is 556 g/mol. The van der Waals surface area contributed by atoms with Crippen molar-refractivity contribution in [1.29, 1.82) is 0 Å². The molecule has 0 fully saturated rings. The van der Waals surface area contributed by atoms with Crippen molar-refractivity contribution in [3.8, 4) is 11.3 Å². The molecule has 1 N–H and O–H groups in total. The SMILES string of the molecule is CC(C)C1=CC2=c3c(-c4nc(Nc5ccc6c(n5)CCN(CCN(C)C)C6)ncc4F)cc(F)cc3=NC2=CC1C. The summed E-state index contributed by atoms with van der Waals surface area (Å²) in [5.41, 5.74) is 5.54. The Morgan fingerprint density at radius 3 is 2.76 bits per heavy atom. The highest BCUT2D eigenvalue weighted by Crippen LogP contribution is 2.34. The summed E-state index contributed by atoms with van der Waals surface area (Å²) in [7, 11) is 4.17. The van der Waals surface area contributed by atoms with Gasteiger partial charge in [0.1, 0.15) is 17.3 Å². The topological polar surface area (TPSA) is 69.5 Å². The van der Waals surface area contributed by atoms with Gasteiger partial charge in [0.05, 0.1) is 17.3 Å². The highest BCUT2D eigenvalue weighted by atomic mass is 19.1. The maximum Gasteiger partial charge on any atom is 0.229 e. The number of fused-ring (bicyclic) bond motifs is 3. The first-order valence-electron chi connectivity index (χ1n) is 14.2. The van der Waals surface area contributed by atoms with E-state index in [1.54, 1.807) is 0 Å². The molecule has 1 atom stereocenters. The monoisotopic (exact) mass is 555 g/mol. The lowest BCUT2D eigenvalue weighted by Gasteiger charge is -2.29. The van der Waals surface area contributed by atoms with E-state index in [0.29, 0.717) is 27.9 Å². The third kappa shape index (κ3) is 5.44. The minimum Gasteiger partial charge on any atom is -0.309 e. The van der Waals surface area contributed by atoms with E-state index in [4.69, 9.17) is 9.98 Å². The van der Waals surface area contributed by atoms with Gasteiger partial charge in [-0.25, -0.2) is 28.7 Å². The summed E-state index contributed by atoms with van der Waals surface area (Å²) in [5, 5.41) is 4.32. The van der Waals surface area contributed by atoms with E-state index in [9.17, 15) is 4.39 Å². The molecule has 7 nitrogen and oxygen atoms in total. The summed E-state index contributed by atoms with van der Waals surface area (Å²) in [6.07, 6.45) is 6.19. The molecule has 0 spiro atoms. The third-order valence-corrected chi connectivity index (χ3v) is 8.01. The van der Waals surface area contributed by atoms with Crippen molar-refractivity contribution in [2.75, 3.05) is 39.0 Å². The van der Waals surface area contributed by atoms with Gasteiger partial charge < -0.3 is 10.2 Å². The minimum atomic E-state index is -0.630. The second-order valence-electron chi connectivity index (χ2n) is 11.7. The Labute approximate surface area is 239 Å². The number of likely N-dealkylation sites (N-methyl/N-ethyl adjacent to an activating group) is 1. The van der Waals surface area contributed by atoms with Gasteiger partial charge in [-0.15, -0.1) is 0 Å². The second kappa shape index (κ2) is 10.9. The summed E-state index contributed by atoms with van der Waals surface area (Å²) in [6, 6.07) is 6.70. The number of hydrogen-bond donors (Lipinski definition) is 1. The van der Waals surface area contributed by atoms with Crippen LogP contribution in [-0.2, 0) is 13.0 Å². The summed E-state index contributed by atoms with van der Waals surface area (Å²) in [6.45, 7) is 10.3. The molecule has 3 aliphatic rings. The molecule has 0 saturated heterocycles. The zero-order chi connectivity index (χ0) is 28.8. The van der Waals surface area contributed by atoms with Gasteiger partial charge in [0.15, 0.2) is 5.82 Å². The van der Waals surface area contributed by atoms with Crippen molar-refractivity contribution in [1.82, 2.24) is 24.8 Å². The van der Waals surface area contributed by atoms with Crippen LogP contribution in [0.5, 0.6) is 0 Å². The molecule has 1 aromatic carbocycles. The molecule has 0 amide bonds.